The summed E-state index contributed by atoms with van der Waals surface area (Å²) in [4.78, 5) is 0. The lowest BCUT2D eigenvalue weighted by molar-refractivity contribution is 0.690. The lowest BCUT2D eigenvalue weighted by Gasteiger charge is -2.15. The molecule has 0 heterocycles. The van der Waals surface area contributed by atoms with Gasteiger partial charge < -0.3 is 5.32 Å². The summed E-state index contributed by atoms with van der Waals surface area (Å²) in [6.45, 7) is 10.6. The standard InChI is InChI=1S/C8H21NSi/c1-5-6-7-9-8-10(2,3)4/h9H,5-8H2,1-4H3. The van der Waals surface area contributed by atoms with Crippen LogP contribution in [-0.2, 0) is 0 Å². The minimum Gasteiger partial charge on any atom is -0.319 e. The molecular weight excluding hydrogens is 138 g/mol. The van der Waals surface area contributed by atoms with E-state index in [2.05, 4.69) is 31.9 Å². The molecule has 10 heavy (non-hydrogen) atoms. The lowest BCUT2D eigenvalue weighted by atomic mass is 10.3. The van der Waals surface area contributed by atoms with Gasteiger partial charge in [-0.15, -0.1) is 0 Å². The van der Waals surface area contributed by atoms with E-state index in [1.165, 1.54) is 25.6 Å². The second-order valence-corrected chi connectivity index (χ2v) is 9.57. The van der Waals surface area contributed by atoms with Gasteiger partial charge in [-0.05, 0) is 19.1 Å². The highest BCUT2D eigenvalue weighted by molar-refractivity contribution is 6.76. The van der Waals surface area contributed by atoms with Crippen LogP contribution in [0.1, 0.15) is 19.8 Å². The van der Waals surface area contributed by atoms with E-state index in [4.69, 9.17) is 0 Å². The molecule has 1 nitrogen and oxygen atoms in total. The van der Waals surface area contributed by atoms with Gasteiger partial charge in [0.2, 0.25) is 0 Å². The molecule has 0 unspecified atom stereocenters. The van der Waals surface area contributed by atoms with Gasteiger partial charge in [0.1, 0.15) is 0 Å². The van der Waals surface area contributed by atoms with Crippen LogP contribution in [0.15, 0.2) is 0 Å². The Morgan fingerprint density at radius 1 is 1.20 bits per heavy atom. The fourth-order valence-electron chi connectivity index (χ4n) is 0.765. The largest absolute Gasteiger partial charge is 0.319 e. The molecule has 0 bridgehead atoms. The van der Waals surface area contributed by atoms with E-state index in [9.17, 15) is 0 Å². The van der Waals surface area contributed by atoms with Crippen LogP contribution in [0.4, 0.5) is 0 Å². The first kappa shape index (κ1) is 10.2. The smallest absolute Gasteiger partial charge is 0.0595 e. The molecule has 0 aliphatic carbocycles. The maximum Gasteiger partial charge on any atom is 0.0595 e. The van der Waals surface area contributed by atoms with Crippen molar-refractivity contribution in [3.63, 3.8) is 0 Å². The van der Waals surface area contributed by atoms with Crippen LogP contribution in [0, 0.1) is 0 Å². The minimum atomic E-state index is -0.818. The van der Waals surface area contributed by atoms with Gasteiger partial charge in [0.15, 0.2) is 0 Å². The van der Waals surface area contributed by atoms with Crippen molar-refractivity contribution >= 4 is 8.07 Å². The van der Waals surface area contributed by atoms with Gasteiger partial charge in [0.05, 0.1) is 8.07 Å². The maximum absolute atomic E-state index is 3.49. The quantitative estimate of drug-likeness (QED) is 0.479. The first-order chi connectivity index (χ1) is 4.56. The first-order valence-corrected chi connectivity index (χ1v) is 7.97. The topological polar surface area (TPSA) is 12.0 Å². The van der Waals surface area contributed by atoms with Gasteiger partial charge in [0.25, 0.3) is 0 Å². The predicted octanol–water partition coefficient (Wildman–Crippen LogP) is 2.25. The van der Waals surface area contributed by atoms with E-state index in [1.807, 2.05) is 0 Å². The fraction of sp³-hybridized carbons (Fsp3) is 1.00. The summed E-state index contributed by atoms with van der Waals surface area (Å²) in [5.41, 5.74) is 0. The molecule has 0 aliphatic rings. The Kier molecular flexibility index (Phi) is 5.00. The van der Waals surface area contributed by atoms with Crippen molar-refractivity contribution < 1.29 is 0 Å². The first-order valence-electron chi connectivity index (χ1n) is 4.27. The van der Waals surface area contributed by atoms with E-state index in [1.54, 1.807) is 0 Å². The van der Waals surface area contributed by atoms with E-state index in [-0.39, 0.29) is 0 Å². The van der Waals surface area contributed by atoms with E-state index < -0.39 is 8.07 Å². The minimum absolute atomic E-state index is 0.818. The summed E-state index contributed by atoms with van der Waals surface area (Å²) in [5, 5.41) is 3.49. The molecule has 0 rings (SSSR count). The Hall–Kier alpha value is 0.177. The third-order valence-corrected chi connectivity index (χ3v) is 2.67. The van der Waals surface area contributed by atoms with Crippen molar-refractivity contribution in [2.45, 2.75) is 39.4 Å². The molecule has 0 aromatic heterocycles. The van der Waals surface area contributed by atoms with Gasteiger partial charge in [-0.1, -0.05) is 33.0 Å². The van der Waals surface area contributed by atoms with Gasteiger partial charge in [0, 0.05) is 0 Å². The predicted molar refractivity (Wildman–Crippen MR) is 51.1 cm³/mol. The molecule has 0 saturated carbocycles. The van der Waals surface area contributed by atoms with Gasteiger partial charge in [-0.3, -0.25) is 0 Å². The zero-order valence-electron chi connectivity index (χ0n) is 7.83. The normalized spacial score (nSPS) is 12.0. The van der Waals surface area contributed by atoms with E-state index in [0.717, 1.165) is 0 Å². The third-order valence-electron chi connectivity index (χ3n) is 1.36. The van der Waals surface area contributed by atoms with Crippen LogP contribution in [0.2, 0.25) is 19.6 Å². The summed E-state index contributed by atoms with van der Waals surface area (Å²) < 4.78 is 0. The van der Waals surface area contributed by atoms with Crippen LogP contribution < -0.4 is 5.32 Å². The third kappa shape index (κ3) is 8.18. The van der Waals surface area contributed by atoms with Crippen LogP contribution in [0.25, 0.3) is 0 Å². The van der Waals surface area contributed by atoms with Crippen LogP contribution in [0.3, 0.4) is 0 Å². The van der Waals surface area contributed by atoms with Crippen molar-refractivity contribution in [1.82, 2.24) is 5.32 Å². The molecule has 0 amide bonds. The second kappa shape index (κ2) is 4.91. The van der Waals surface area contributed by atoms with Crippen LogP contribution in [-0.4, -0.2) is 20.8 Å². The average molecular weight is 159 g/mol. The van der Waals surface area contributed by atoms with Crippen LogP contribution >= 0.6 is 0 Å². The van der Waals surface area contributed by atoms with Gasteiger partial charge >= 0.3 is 0 Å². The Balaban J connectivity index is 3.04. The van der Waals surface area contributed by atoms with Crippen molar-refractivity contribution in [2.24, 2.45) is 0 Å². The second-order valence-electron chi connectivity index (χ2n) is 4.09. The van der Waals surface area contributed by atoms with Crippen molar-refractivity contribution in [3.8, 4) is 0 Å². The Labute approximate surface area is 66.2 Å². The number of hydrogen-bond donors (Lipinski definition) is 1. The fourth-order valence-corrected chi connectivity index (χ4v) is 1.69. The summed E-state index contributed by atoms with van der Waals surface area (Å²) in [6, 6.07) is 0. The Bertz CT molecular complexity index is 75.8. The van der Waals surface area contributed by atoms with Gasteiger partial charge in [-0.2, -0.15) is 0 Å². The lowest BCUT2D eigenvalue weighted by Crippen LogP contribution is -2.36. The summed E-state index contributed by atoms with van der Waals surface area (Å²) >= 11 is 0. The van der Waals surface area contributed by atoms with Crippen molar-refractivity contribution in [2.75, 3.05) is 12.7 Å². The number of rotatable bonds is 5. The highest BCUT2D eigenvalue weighted by atomic mass is 28.3. The molecule has 1 N–H and O–H groups in total. The highest BCUT2D eigenvalue weighted by Gasteiger charge is 2.10. The molecule has 0 fully saturated rings. The van der Waals surface area contributed by atoms with Crippen molar-refractivity contribution in [1.29, 1.82) is 0 Å². The number of hydrogen-bond acceptors (Lipinski definition) is 1. The summed E-state index contributed by atoms with van der Waals surface area (Å²) in [7, 11) is -0.818. The van der Waals surface area contributed by atoms with Crippen molar-refractivity contribution in [3.05, 3.63) is 0 Å². The van der Waals surface area contributed by atoms with Crippen LogP contribution in [0.5, 0.6) is 0 Å². The molecule has 0 radical (unpaired) electrons. The molecule has 0 aromatic carbocycles. The maximum atomic E-state index is 3.49. The number of nitrogens with one attached hydrogen (secondary N) is 1. The van der Waals surface area contributed by atoms with Gasteiger partial charge in [-0.25, -0.2) is 0 Å². The molecule has 0 spiro atoms. The molecule has 62 valence electrons. The summed E-state index contributed by atoms with van der Waals surface area (Å²) in [6.07, 6.45) is 3.90. The van der Waals surface area contributed by atoms with E-state index in [0.29, 0.717) is 0 Å². The monoisotopic (exact) mass is 159 g/mol. The molecule has 0 atom stereocenters. The zero-order chi connectivity index (χ0) is 8.04. The zero-order valence-corrected chi connectivity index (χ0v) is 8.83. The van der Waals surface area contributed by atoms with E-state index >= 15 is 0 Å². The molecule has 2 heteroatoms. The Morgan fingerprint density at radius 2 is 1.80 bits per heavy atom. The average Bonchev–Trinajstić information content (AvgIpc) is 1.78. The summed E-state index contributed by atoms with van der Waals surface area (Å²) in [5.74, 6) is 0. The Morgan fingerprint density at radius 3 is 2.20 bits per heavy atom. The highest BCUT2D eigenvalue weighted by Crippen LogP contribution is 1.96. The SMILES string of the molecule is CCCCNC[Si](C)(C)C. The molecular formula is C8H21NSi. The number of unbranched alkanes of at least 4 members (excludes halogenated alkanes) is 1. The molecule has 0 aliphatic heterocycles. The molecule has 0 aromatic rings. The molecule has 0 saturated heterocycles.